The molecule has 0 saturated heterocycles. The van der Waals surface area contributed by atoms with Gasteiger partial charge in [-0.15, -0.1) is 11.3 Å². The van der Waals surface area contributed by atoms with Gasteiger partial charge in [-0.1, -0.05) is 5.16 Å². The van der Waals surface area contributed by atoms with E-state index in [-0.39, 0.29) is 5.71 Å². The van der Waals surface area contributed by atoms with Crippen molar-refractivity contribution >= 4 is 28.1 Å². The summed E-state index contributed by atoms with van der Waals surface area (Å²) in [5, 5.41) is 8.76. The first-order chi connectivity index (χ1) is 7.22. The van der Waals surface area contributed by atoms with Gasteiger partial charge in [-0.05, 0) is 0 Å². The number of nitrogens with zero attached hydrogens (tertiary/aromatic N) is 2. The lowest BCUT2D eigenvalue weighted by atomic mass is 10.3. The highest BCUT2D eigenvalue weighted by atomic mass is 32.1. The maximum Gasteiger partial charge on any atom is 0.289 e. The maximum absolute atomic E-state index is 11.3. The average Bonchev–Trinajstić information content (AvgIpc) is 2.73. The molecular formula is C7H11N5O2S. The molecule has 7 nitrogen and oxygen atoms in total. The number of rotatable bonds is 4. The number of carbonyl (C=O) groups excluding carboxylic acids is 1. The molecule has 1 heterocycles. The second kappa shape index (κ2) is 5.27. The van der Waals surface area contributed by atoms with Crippen LogP contribution < -0.4 is 16.6 Å². The van der Waals surface area contributed by atoms with Gasteiger partial charge in [0, 0.05) is 12.4 Å². The molecule has 0 aromatic carbocycles. The van der Waals surface area contributed by atoms with Crippen LogP contribution in [0.1, 0.15) is 5.69 Å². The second-order valence-electron chi connectivity index (χ2n) is 2.38. The number of hydrazine groups is 1. The van der Waals surface area contributed by atoms with Gasteiger partial charge in [0.15, 0.2) is 10.8 Å². The summed E-state index contributed by atoms with van der Waals surface area (Å²) in [6.07, 6.45) is 0. The fourth-order valence-corrected chi connectivity index (χ4v) is 1.52. The van der Waals surface area contributed by atoms with Gasteiger partial charge in [0.05, 0.1) is 0 Å². The molecule has 0 aliphatic carbocycles. The van der Waals surface area contributed by atoms with Gasteiger partial charge >= 0.3 is 0 Å². The van der Waals surface area contributed by atoms with Crippen molar-refractivity contribution in [3.8, 4) is 0 Å². The van der Waals surface area contributed by atoms with Gasteiger partial charge in [-0.2, -0.15) is 0 Å². The van der Waals surface area contributed by atoms with E-state index in [9.17, 15) is 4.79 Å². The minimum Gasteiger partial charge on any atom is -0.398 e. The van der Waals surface area contributed by atoms with Crippen molar-refractivity contribution in [1.82, 2.24) is 10.4 Å². The van der Waals surface area contributed by atoms with Gasteiger partial charge in [-0.3, -0.25) is 10.2 Å². The summed E-state index contributed by atoms with van der Waals surface area (Å²) in [6.45, 7) is 0. The molecule has 0 aliphatic heterocycles. The quantitative estimate of drug-likeness (QED) is 0.280. The van der Waals surface area contributed by atoms with E-state index in [1.165, 1.54) is 18.4 Å². The zero-order chi connectivity index (χ0) is 11.3. The van der Waals surface area contributed by atoms with Crippen molar-refractivity contribution < 1.29 is 9.63 Å². The van der Waals surface area contributed by atoms with E-state index in [0.717, 1.165) is 0 Å². The summed E-state index contributed by atoms with van der Waals surface area (Å²) in [5.74, 6) is 4.45. The molecule has 1 amide bonds. The topological polar surface area (TPSA) is 102 Å². The molecule has 0 fully saturated rings. The van der Waals surface area contributed by atoms with E-state index in [1.54, 1.807) is 12.4 Å². The lowest BCUT2D eigenvalue weighted by Gasteiger charge is -1.99. The predicted molar refractivity (Wildman–Crippen MR) is 57.5 cm³/mol. The van der Waals surface area contributed by atoms with Gasteiger partial charge in [0.2, 0.25) is 0 Å². The molecule has 1 aromatic rings. The first-order valence-electron chi connectivity index (χ1n) is 3.98. The minimum atomic E-state index is -0.551. The number of hydrogen-bond acceptors (Lipinski definition) is 7. The number of nitrogens with two attached hydrogens (primary N) is 1. The van der Waals surface area contributed by atoms with Crippen molar-refractivity contribution in [3.05, 3.63) is 11.1 Å². The lowest BCUT2D eigenvalue weighted by Crippen LogP contribution is -2.37. The standard InChI is InChI=1S/C7H11N5O2S/c1-9-7-10-4(3-15-7)5(12-14-2)6(13)11-8/h3H,8H2,1-2H3,(H,9,10)(H,11,13). The molecule has 0 unspecified atom stereocenters. The average molecular weight is 229 g/mol. The van der Waals surface area contributed by atoms with Crippen LogP contribution in [0, 0.1) is 0 Å². The van der Waals surface area contributed by atoms with Crippen molar-refractivity contribution in [2.45, 2.75) is 0 Å². The molecule has 0 saturated carbocycles. The van der Waals surface area contributed by atoms with Crippen molar-refractivity contribution in [1.29, 1.82) is 0 Å². The highest BCUT2D eigenvalue weighted by molar-refractivity contribution is 7.14. The third-order valence-corrected chi connectivity index (χ3v) is 2.35. The third kappa shape index (κ3) is 2.64. The monoisotopic (exact) mass is 229 g/mol. The van der Waals surface area contributed by atoms with Crippen LogP contribution in [0.4, 0.5) is 5.13 Å². The summed E-state index contributed by atoms with van der Waals surface area (Å²) in [5.41, 5.74) is 2.42. The second-order valence-corrected chi connectivity index (χ2v) is 3.24. The van der Waals surface area contributed by atoms with Crippen LogP contribution in [-0.4, -0.2) is 30.8 Å². The highest BCUT2D eigenvalue weighted by Crippen LogP contribution is 2.15. The summed E-state index contributed by atoms with van der Waals surface area (Å²) in [4.78, 5) is 19.9. The molecule has 0 aliphatic rings. The van der Waals surface area contributed by atoms with Crippen LogP contribution in [0.2, 0.25) is 0 Å². The van der Waals surface area contributed by atoms with E-state index in [2.05, 4.69) is 20.3 Å². The van der Waals surface area contributed by atoms with Crippen LogP contribution in [0.5, 0.6) is 0 Å². The van der Waals surface area contributed by atoms with Crippen LogP contribution >= 0.6 is 11.3 Å². The minimum absolute atomic E-state index is 0.0396. The van der Waals surface area contributed by atoms with Crippen LogP contribution in [0.3, 0.4) is 0 Å². The summed E-state index contributed by atoms with van der Waals surface area (Å²) in [7, 11) is 3.08. The summed E-state index contributed by atoms with van der Waals surface area (Å²) >= 11 is 1.35. The Morgan fingerprint density at radius 1 is 1.73 bits per heavy atom. The summed E-state index contributed by atoms with van der Waals surface area (Å²) < 4.78 is 0. The largest absolute Gasteiger partial charge is 0.398 e. The van der Waals surface area contributed by atoms with E-state index in [1.807, 2.05) is 5.43 Å². The zero-order valence-electron chi connectivity index (χ0n) is 8.27. The van der Waals surface area contributed by atoms with E-state index < -0.39 is 5.91 Å². The lowest BCUT2D eigenvalue weighted by molar-refractivity contribution is -0.114. The molecule has 0 bridgehead atoms. The van der Waals surface area contributed by atoms with Crippen molar-refractivity contribution in [2.24, 2.45) is 11.0 Å². The number of oxime groups is 1. The normalized spacial score (nSPS) is 11.0. The molecule has 1 aromatic heterocycles. The van der Waals surface area contributed by atoms with Crippen LogP contribution in [0.15, 0.2) is 10.5 Å². The molecule has 1 rings (SSSR count). The maximum atomic E-state index is 11.3. The zero-order valence-corrected chi connectivity index (χ0v) is 9.09. The number of amides is 1. The van der Waals surface area contributed by atoms with Crippen molar-refractivity contribution in [3.63, 3.8) is 0 Å². The van der Waals surface area contributed by atoms with Gasteiger partial charge in [0.25, 0.3) is 5.91 Å². The molecule has 0 spiro atoms. The van der Waals surface area contributed by atoms with Gasteiger partial charge < -0.3 is 10.2 Å². The Hall–Kier alpha value is -1.67. The first kappa shape index (κ1) is 11.4. The van der Waals surface area contributed by atoms with E-state index >= 15 is 0 Å². The molecule has 0 radical (unpaired) electrons. The predicted octanol–water partition coefficient (Wildman–Crippen LogP) is -0.475. The number of thiazole rings is 1. The molecule has 4 N–H and O–H groups in total. The van der Waals surface area contributed by atoms with Gasteiger partial charge in [-0.25, -0.2) is 10.8 Å². The fraction of sp³-hybridized carbons (Fsp3) is 0.286. The van der Waals surface area contributed by atoms with Crippen molar-refractivity contribution in [2.75, 3.05) is 19.5 Å². The SMILES string of the molecule is CNc1nc(C(=NOC)C(=O)NN)cs1. The Bertz CT molecular complexity index is 375. The Labute approximate surface area is 90.3 Å². The Morgan fingerprint density at radius 2 is 2.47 bits per heavy atom. The fourth-order valence-electron chi connectivity index (χ4n) is 0.862. The smallest absolute Gasteiger partial charge is 0.289 e. The third-order valence-electron chi connectivity index (χ3n) is 1.49. The summed E-state index contributed by atoms with van der Waals surface area (Å²) in [6, 6.07) is 0. The number of aromatic nitrogens is 1. The molecule has 82 valence electrons. The van der Waals surface area contributed by atoms with Gasteiger partial charge in [0.1, 0.15) is 12.8 Å². The number of carbonyl (C=O) groups is 1. The molecular weight excluding hydrogens is 218 g/mol. The number of anilines is 1. The first-order valence-corrected chi connectivity index (χ1v) is 4.86. The Balaban J connectivity index is 2.99. The number of hydrogen-bond donors (Lipinski definition) is 3. The number of nitrogens with one attached hydrogen (secondary N) is 2. The van der Waals surface area contributed by atoms with E-state index in [0.29, 0.717) is 10.8 Å². The molecule has 8 heteroatoms. The molecule has 15 heavy (non-hydrogen) atoms. The van der Waals surface area contributed by atoms with Crippen LogP contribution in [-0.2, 0) is 9.63 Å². The van der Waals surface area contributed by atoms with E-state index in [4.69, 9.17) is 5.84 Å². The Morgan fingerprint density at radius 3 is 2.93 bits per heavy atom. The van der Waals surface area contributed by atoms with Crippen LogP contribution in [0.25, 0.3) is 0 Å². The Kier molecular flexibility index (Phi) is 4.01. The molecule has 0 atom stereocenters. The highest BCUT2D eigenvalue weighted by Gasteiger charge is 2.17.